The maximum Gasteiger partial charge on any atom is 0.495 e. The molecule has 1 fully saturated rings. The second kappa shape index (κ2) is 8.88. The van der Waals surface area contributed by atoms with Gasteiger partial charge in [-0.25, -0.2) is 9.37 Å². The Morgan fingerprint density at radius 2 is 1.71 bits per heavy atom. The summed E-state index contributed by atoms with van der Waals surface area (Å²) in [5.74, 6) is -0.639. The molecule has 0 unspecified atom stereocenters. The minimum absolute atomic E-state index is 0.198. The van der Waals surface area contributed by atoms with Crippen molar-refractivity contribution in [1.29, 1.82) is 0 Å². The zero-order chi connectivity index (χ0) is 32.4. The Morgan fingerprint density at radius 1 is 1.02 bits per heavy atom. The number of hydrogen-bond acceptors (Lipinski definition) is 5. The predicted octanol–water partition coefficient (Wildman–Crippen LogP) is 5.51. The van der Waals surface area contributed by atoms with E-state index in [-0.39, 0.29) is 10.9 Å². The highest BCUT2D eigenvalue weighted by Crippen LogP contribution is 2.48. The van der Waals surface area contributed by atoms with Crippen LogP contribution in [-0.4, -0.2) is 59.0 Å². The van der Waals surface area contributed by atoms with Gasteiger partial charge in [0, 0.05) is 22.0 Å². The Morgan fingerprint density at radius 3 is 2.38 bits per heavy atom. The fraction of sp³-hybridized carbons (Fsp3) is 0.375. The predicted molar refractivity (Wildman–Crippen MR) is 164 cm³/mol. The molecule has 0 radical (unpaired) electrons. The number of fused-ring (bicyclic) bond motifs is 9. The first-order chi connectivity index (χ1) is 20.9. The van der Waals surface area contributed by atoms with Crippen molar-refractivity contribution in [1.82, 2.24) is 14.5 Å². The lowest BCUT2D eigenvalue weighted by Gasteiger charge is -2.32. The lowest BCUT2D eigenvalue weighted by Crippen LogP contribution is -2.41. The molecular formula is C32H34BFN3O4P. The maximum atomic E-state index is 15.1. The first kappa shape index (κ1) is 24.2. The van der Waals surface area contributed by atoms with Crippen LogP contribution >= 0.6 is 7.14 Å². The molecule has 3 aromatic carbocycles. The van der Waals surface area contributed by atoms with Crippen molar-refractivity contribution < 1.29 is 27.2 Å². The zero-order valence-electron chi connectivity index (χ0n) is 27.4. The van der Waals surface area contributed by atoms with E-state index in [1.54, 1.807) is 24.3 Å². The van der Waals surface area contributed by atoms with Crippen molar-refractivity contribution in [2.24, 2.45) is 0 Å². The summed E-state index contributed by atoms with van der Waals surface area (Å²) in [6.07, 6.45) is 0.307. The smallest absolute Gasteiger partial charge is 0.399 e. The number of hydrogen-bond donors (Lipinski definition) is 0. The van der Waals surface area contributed by atoms with Crippen molar-refractivity contribution in [3.8, 4) is 11.1 Å². The van der Waals surface area contributed by atoms with E-state index in [4.69, 9.17) is 18.4 Å². The van der Waals surface area contributed by atoms with E-state index in [2.05, 4.69) is 0 Å². The van der Waals surface area contributed by atoms with Crippen LogP contribution in [0.1, 0.15) is 72.1 Å². The number of aromatic nitrogens is 2. The molecule has 4 heterocycles. The minimum atomic E-state index is -2.80. The lowest BCUT2D eigenvalue weighted by molar-refractivity contribution is 0.00578. The van der Waals surface area contributed by atoms with E-state index < -0.39 is 56.2 Å². The van der Waals surface area contributed by atoms with Crippen LogP contribution in [0.5, 0.6) is 0 Å². The van der Waals surface area contributed by atoms with Crippen LogP contribution in [0.3, 0.4) is 0 Å². The molecule has 10 heteroatoms. The summed E-state index contributed by atoms with van der Waals surface area (Å²) in [7, 11) is -3.58. The summed E-state index contributed by atoms with van der Waals surface area (Å²) in [6, 6.07) is 14.3. The van der Waals surface area contributed by atoms with Crippen molar-refractivity contribution in [2.45, 2.75) is 57.4 Å². The van der Waals surface area contributed by atoms with Crippen LogP contribution in [0.15, 0.2) is 54.6 Å². The Kier molecular flexibility index (Phi) is 5.12. The van der Waals surface area contributed by atoms with Gasteiger partial charge in [0.15, 0.2) is 0 Å². The summed E-state index contributed by atoms with van der Waals surface area (Å²) in [5, 5.41) is 0.198. The Hall–Kier alpha value is -3.26. The molecule has 7 nitrogen and oxygen atoms in total. The standard InChI is InChI=1S/C32H34BFN3O4P/c1-31(2)32(3,4)41-33(40-31)21-10-8-9-20-28(21)25-17-26(36(5)30(20)38)29-35-23-13-11-19(16-24(23)37(25)29)18-12-14-27(22(34)15-18)42(6,7)39/h8-16,25-26H,17H2,1-7H3/t25-,26-/m1/s1/i5D3. The fourth-order valence-corrected chi connectivity index (χ4v) is 7.47. The maximum absolute atomic E-state index is 15.1. The summed E-state index contributed by atoms with van der Waals surface area (Å²) in [5.41, 5.74) is 3.03. The highest BCUT2D eigenvalue weighted by molar-refractivity contribution is 7.70. The van der Waals surface area contributed by atoms with Crippen molar-refractivity contribution in [3.63, 3.8) is 0 Å². The van der Waals surface area contributed by atoms with Gasteiger partial charge in [0.1, 0.15) is 18.8 Å². The molecule has 42 heavy (non-hydrogen) atoms. The third-order valence-electron chi connectivity index (χ3n) is 9.38. The average molecular weight is 588 g/mol. The van der Waals surface area contributed by atoms with Gasteiger partial charge in [0.25, 0.3) is 5.91 Å². The Labute approximate surface area is 249 Å². The van der Waals surface area contributed by atoms with Crippen LogP contribution in [-0.2, 0) is 13.9 Å². The number of carbonyl (C=O) groups is 1. The quantitative estimate of drug-likeness (QED) is 0.233. The van der Waals surface area contributed by atoms with Crippen molar-refractivity contribution >= 4 is 42.0 Å². The summed E-state index contributed by atoms with van der Waals surface area (Å²) >= 11 is 0. The van der Waals surface area contributed by atoms with Crippen LogP contribution < -0.4 is 10.8 Å². The van der Waals surface area contributed by atoms with E-state index in [1.807, 2.05) is 56.5 Å². The summed E-state index contributed by atoms with van der Waals surface area (Å²) in [6.45, 7) is 8.19. The van der Waals surface area contributed by atoms with Crippen LogP contribution in [0.2, 0.25) is 0 Å². The summed E-state index contributed by atoms with van der Waals surface area (Å²) in [4.78, 5) is 19.9. The molecule has 2 bridgehead atoms. The van der Waals surface area contributed by atoms with E-state index in [0.717, 1.165) is 16.0 Å². The van der Waals surface area contributed by atoms with E-state index in [9.17, 15) is 9.36 Å². The molecule has 0 saturated carbocycles. The second-order valence-corrected chi connectivity index (χ2v) is 16.1. The van der Waals surface area contributed by atoms with Gasteiger partial charge in [-0.15, -0.1) is 0 Å². The average Bonchev–Trinajstić information content (AvgIpc) is 3.50. The summed E-state index contributed by atoms with van der Waals surface area (Å²) < 4.78 is 67.6. The number of carbonyl (C=O) groups excluding carboxylic acids is 1. The molecular weight excluding hydrogens is 551 g/mol. The fourth-order valence-electron chi connectivity index (χ4n) is 6.46. The normalized spacial score (nSPS) is 23.8. The highest BCUT2D eigenvalue weighted by atomic mass is 31.2. The molecule has 2 atom stereocenters. The molecule has 0 N–H and O–H groups in total. The molecule has 3 aliphatic rings. The van der Waals surface area contributed by atoms with Crippen LogP contribution in [0, 0.1) is 5.82 Å². The number of amides is 1. The molecule has 7 rings (SSSR count). The van der Waals surface area contributed by atoms with Crippen molar-refractivity contribution in [2.75, 3.05) is 20.3 Å². The van der Waals surface area contributed by atoms with Gasteiger partial charge in [-0.3, -0.25) is 4.79 Å². The topological polar surface area (TPSA) is 73.7 Å². The molecule has 1 aromatic heterocycles. The number of nitrogens with zero attached hydrogens (tertiary/aromatic N) is 3. The number of halogens is 1. The molecule has 216 valence electrons. The SMILES string of the molecule is [2H]C([2H])([2H])N1C(=O)c2cccc(B3OC(C)(C)C(C)(C)O3)c2[C@H]2C[C@@H]1c1nc3ccc(-c4ccc(P(C)(C)=O)c(F)c4)cc3n12. The van der Waals surface area contributed by atoms with E-state index in [0.29, 0.717) is 34.4 Å². The van der Waals surface area contributed by atoms with Gasteiger partial charge in [-0.1, -0.05) is 24.3 Å². The van der Waals surface area contributed by atoms with Crippen LogP contribution in [0.4, 0.5) is 4.39 Å². The zero-order valence-corrected chi connectivity index (χ0v) is 25.3. The van der Waals surface area contributed by atoms with Gasteiger partial charge in [0.2, 0.25) is 0 Å². The van der Waals surface area contributed by atoms with E-state index in [1.165, 1.54) is 19.4 Å². The van der Waals surface area contributed by atoms with Gasteiger partial charge in [-0.2, -0.15) is 0 Å². The third-order valence-corrected chi connectivity index (χ3v) is 10.9. The van der Waals surface area contributed by atoms with Gasteiger partial charge >= 0.3 is 7.12 Å². The van der Waals surface area contributed by atoms with Crippen LogP contribution in [0.25, 0.3) is 22.2 Å². The first-order valence-corrected chi connectivity index (χ1v) is 16.7. The largest absolute Gasteiger partial charge is 0.495 e. The van der Waals surface area contributed by atoms with Gasteiger partial charge < -0.3 is 23.3 Å². The number of benzene rings is 3. The molecule has 4 aromatic rings. The highest BCUT2D eigenvalue weighted by Gasteiger charge is 2.54. The molecule has 0 spiro atoms. The second-order valence-electron chi connectivity index (χ2n) is 12.9. The molecule has 0 aliphatic carbocycles. The van der Waals surface area contributed by atoms with Crippen molar-refractivity contribution in [3.05, 3.63) is 77.4 Å². The van der Waals surface area contributed by atoms with Gasteiger partial charge in [0.05, 0.1) is 34.3 Å². The number of imidazole rings is 1. The van der Waals surface area contributed by atoms with Gasteiger partial charge in [-0.05, 0) is 99.9 Å². The molecule has 1 amide bonds. The Balaban J connectivity index is 1.44. The monoisotopic (exact) mass is 588 g/mol. The minimum Gasteiger partial charge on any atom is -0.399 e. The Bertz CT molecular complexity index is 1950. The molecule has 1 saturated heterocycles. The first-order valence-electron chi connectivity index (χ1n) is 15.6. The lowest BCUT2D eigenvalue weighted by atomic mass is 9.72. The molecule has 3 aliphatic heterocycles. The number of rotatable bonds is 3. The third kappa shape index (κ3) is 3.90. The van der Waals surface area contributed by atoms with E-state index >= 15 is 4.39 Å².